The molecule has 1 aliphatic rings. The van der Waals surface area contributed by atoms with Gasteiger partial charge in [-0.05, 0) is 48.1 Å². The number of nitrogens with zero attached hydrogens (tertiary/aromatic N) is 1. The predicted molar refractivity (Wildman–Crippen MR) is 80.7 cm³/mol. The van der Waals surface area contributed by atoms with Crippen molar-refractivity contribution in [1.29, 1.82) is 5.26 Å². The Kier molecular flexibility index (Phi) is 3.70. The van der Waals surface area contributed by atoms with Crippen LogP contribution < -0.4 is 5.32 Å². The van der Waals surface area contributed by atoms with E-state index in [1.165, 1.54) is 11.1 Å². The van der Waals surface area contributed by atoms with E-state index in [1.807, 2.05) is 48.5 Å². The lowest BCUT2D eigenvalue weighted by atomic mass is 10.0. The topological polar surface area (TPSA) is 52.9 Å². The highest BCUT2D eigenvalue weighted by molar-refractivity contribution is 5.95. The quantitative estimate of drug-likeness (QED) is 0.936. The molecule has 0 saturated heterocycles. The Morgan fingerprint density at radius 1 is 1.10 bits per heavy atom. The molecule has 104 valence electrons. The molecule has 3 nitrogen and oxygen atoms in total. The minimum atomic E-state index is -0.619. The highest BCUT2D eigenvalue weighted by Crippen LogP contribution is 2.23. The Hall–Kier alpha value is -2.60. The fourth-order valence-corrected chi connectivity index (χ4v) is 2.76. The lowest BCUT2D eigenvalue weighted by molar-refractivity contribution is 0.0945. The maximum Gasteiger partial charge on any atom is 0.252 e. The molecule has 1 amide bonds. The molecule has 0 aromatic heterocycles. The molecule has 0 fully saturated rings. The summed E-state index contributed by atoms with van der Waals surface area (Å²) < 4.78 is 0. The van der Waals surface area contributed by atoms with E-state index in [4.69, 9.17) is 0 Å². The third-order valence-electron chi connectivity index (χ3n) is 3.90. The van der Waals surface area contributed by atoms with Crippen LogP contribution in [0, 0.1) is 11.3 Å². The SMILES string of the molecule is N#CC(NC(=O)c1ccc2c(c1)CCC2)c1ccccc1. The summed E-state index contributed by atoms with van der Waals surface area (Å²) in [6.07, 6.45) is 3.30. The molecule has 3 heteroatoms. The lowest BCUT2D eigenvalue weighted by Gasteiger charge is -2.12. The molecule has 21 heavy (non-hydrogen) atoms. The molecule has 1 N–H and O–H groups in total. The Bertz CT molecular complexity index is 701. The average molecular weight is 276 g/mol. The van der Waals surface area contributed by atoms with Crippen molar-refractivity contribution in [2.75, 3.05) is 0 Å². The van der Waals surface area contributed by atoms with Crippen molar-refractivity contribution in [3.63, 3.8) is 0 Å². The van der Waals surface area contributed by atoms with E-state index in [0.717, 1.165) is 24.8 Å². The minimum Gasteiger partial charge on any atom is -0.333 e. The molecular weight excluding hydrogens is 260 g/mol. The van der Waals surface area contributed by atoms with E-state index in [-0.39, 0.29) is 5.91 Å². The number of amides is 1. The van der Waals surface area contributed by atoms with Crippen molar-refractivity contribution in [3.8, 4) is 6.07 Å². The van der Waals surface area contributed by atoms with Gasteiger partial charge >= 0.3 is 0 Å². The third-order valence-corrected chi connectivity index (χ3v) is 3.90. The number of carbonyl (C=O) groups is 1. The summed E-state index contributed by atoms with van der Waals surface area (Å²) in [4.78, 5) is 12.3. The highest BCUT2D eigenvalue weighted by atomic mass is 16.1. The summed E-state index contributed by atoms with van der Waals surface area (Å²) in [7, 11) is 0. The van der Waals surface area contributed by atoms with Crippen LogP contribution in [0.25, 0.3) is 0 Å². The number of hydrogen-bond donors (Lipinski definition) is 1. The zero-order chi connectivity index (χ0) is 14.7. The number of benzene rings is 2. The van der Waals surface area contributed by atoms with Crippen LogP contribution in [0.15, 0.2) is 48.5 Å². The fourth-order valence-electron chi connectivity index (χ4n) is 2.76. The Labute approximate surface area is 124 Å². The molecule has 0 heterocycles. The van der Waals surface area contributed by atoms with Gasteiger partial charge in [-0.2, -0.15) is 5.26 Å². The van der Waals surface area contributed by atoms with E-state index in [2.05, 4.69) is 11.4 Å². The molecule has 1 unspecified atom stereocenters. The molecule has 0 spiro atoms. The van der Waals surface area contributed by atoms with Crippen LogP contribution in [-0.4, -0.2) is 5.91 Å². The second kappa shape index (κ2) is 5.80. The molecule has 2 aromatic rings. The van der Waals surface area contributed by atoms with Crippen LogP contribution in [0.1, 0.15) is 39.5 Å². The molecule has 1 aliphatic carbocycles. The number of aryl methyl sites for hydroxylation is 2. The van der Waals surface area contributed by atoms with Gasteiger partial charge in [-0.25, -0.2) is 0 Å². The predicted octanol–water partition coefficient (Wildman–Crippen LogP) is 3.17. The van der Waals surface area contributed by atoms with Gasteiger partial charge in [-0.1, -0.05) is 36.4 Å². The van der Waals surface area contributed by atoms with Crippen molar-refractivity contribution < 1.29 is 4.79 Å². The van der Waals surface area contributed by atoms with Gasteiger partial charge in [0, 0.05) is 5.56 Å². The number of rotatable bonds is 3. The van der Waals surface area contributed by atoms with Gasteiger partial charge in [0.1, 0.15) is 6.04 Å². The molecule has 2 aromatic carbocycles. The molecule has 0 aliphatic heterocycles. The second-order valence-electron chi connectivity index (χ2n) is 5.28. The standard InChI is InChI=1S/C18H16N2O/c19-12-17(14-5-2-1-3-6-14)20-18(21)16-10-9-13-7-4-8-15(13)11-16/h1-3,5-6,9-11,17H,4,7-8H2,(H,20,21). The maximum absolute atomic E-state index is 12.3. The number of nitrogens with one attached hydrogen (secondary N) is 1. The van der Waals surface area contributed by atoms with Crippen LogP contribution in [0.3, 0.4) is 0 Å². The summed E-state index contributed by atoms with van der Waals surface area (Å²) >= 11 is 0. The minimum absolute atomic E-state index is 0.194. The van der Waals surface area contributed by atoms with Crippen molar-refractivity contribution in [2.24, 2.45) is 0 Å². The summed E-state index contributed by atoms with van der Waals surface area (Å²) in [5.41, 5.74) is 4.03. The van der Waals surface area contributed by atoms with E-state index in [0.29, 0.717) is 5.56 Å². The third kappa shape index (κ3) is 2.80. The number of carbonyl (C=O) groups excluding carboxylic acids is 1. The first kappa shape index (κ1) is 13.4. The summed E-state index contributed by atoms with van der Waals surface area (Å²) in [5.74, 6) is -0.194. The van der Waals surface area contributed by atoms with Gasteiger partial charge < -0.3 is 5.32 Å². The molecule has 3 rings (SSSR count). The van der Waals surface area contributed by atoms with Gasteiger partial charge in [0.25, 0.3) is 5.91 Å². The molecular formula is C18H16N2O. The van der Waals surface area contributed by atoms with Crippen LogP contribution in [0.2, 0.25) is 0 Å². The Morgan fingerprint density at radius 3 is 2.62 bits per heavy atom. The monoisotopic (exact) mass is 276 g/mol. The van der Waals surface area contributed by atoms with Gasteiger partial charge in [0.15, 0.2) is 0 Å². The number of hydrogen-bond acceptors (Lipinski definition) is 2. The zero-order valence-electron chi connectivity index (χ0n) is 11.7. The van der Waals surface area contributed by atoms with Crippen molar-refractivity contribution >= 4 is 5.91 Å². The van der Waals surface area contributed by atoms with Gasteiger partial charge in [0.05, 0.1) is 6.07 Å². The van der Waals surface area contributed by atoms with Gasteiger partial charge in [0.2, 0.25) is 0 Å². The van der Waals surface area contributed by atoms with Gasteiger partial charge in [-0.15, -0.1) is 0 Å². The number of nitriles is 1. The summed E-state index contributed by atoms with van der Waals surface area (Å²) in [6, 6.07) is 16.7. The normalized spacial score (nSPS) is 14.0. The first-order chi connectivity index (χ1) is 10.3. The Morgan fingerprint density at radius 2 is 1.86 bits per heavy atom. The average Bonchev–Trinajstić information content (AvgIpc) is 3.00. The molecule has 0 saturated carbocycles. The van der Waals surface area contributed by atoms with E-state index in [9.17, 15) is 10.1 Å². The fraction of sp³-hybridized carbons (Fsp3) is 0.222. The zero-order valence-corrected chi connectivity index (χ0v) is 11.7. The molecule has 1 atom stereocenters. The van der Waals surface area contributed by atoms with Gasteiger partial charge in [-0.3, -0.25) is 4.79 Å². The van der Waals surface area contributed by atoms with E-state index in [1.54, 1.807) is 0 Å². The van der Waals surface area contributed by atoms with Crippen LogP contribution in [0.5, 0.6) is 0 Å². The number of fused-ring (bicyclic) bond motifs is 1. The van der Waals surface area contributed by atoms with Crippen molar-refractivity contribution in [3.05, 3.63) is 70.8 Å². The first-order valence-corrected chi connectivity index (χ1v) is 7.15. The smallest absolute Gasteiger partial charge is 0.252 e. The summed E-state index contributed by atoms with van der Waals surface area (Å²) in [6.45, 7) is 0. The Balaban J connectivity index is 1.78. The maximum atomic E-state index is 12.3. The van der Waals surface area contributed by atoms with E-state index < -0.39 is 6.04 Å². The van der Waals surface area contributed by atoms with Crippen molar-refractivity contribution in [1.82, 2.24) is 5.32 Å². The molecule has 0 radical (unpaired) electrons. The highest BCUT2D eigenvalue weighted by Gasteiger charge is 2.17. The first-order valence-electron chi connectivity index (χ1n) is 7.15. The largest absolute Gasteiger partial charge is 0.333 e. The van der Waals surface area contributed by atoms with Crippen molar-refractivity contribution in [2.45, 2.75) is 25.3 Å². The van der Waals surface area contributed by atoms with Crippen LogP contribution in [-0.2, 0) is 12.8 Å². The van der Waals surface area contributed by atoms with E-state index >= 15 is 0 Å². The second-order valence-corrected chi connectivity index (χ2v) is 5.28. The van der Waals surface area contributed by atoms with Crippen LogP contribution in [0.4, 0.5) is 0 Å². The molecule has 0 bridgehead atoms. The summed E-state index contributed by atoms with van der Waals surface area (Å²) in [5, 5.41) is 12.1. The lowest BCUT2D eigenvalue weighted by Crippen LogP contribution is -2.27. The van der Waals surface area contributed by atoms with Crippen LogP contribution >= 0.6 is 0 Å².